The van der Waals surface area contributed by atoms with Crippen LogP contribution in [0.2, 0.25) is 5.02 Å². The lowest BCUT2D eigenvalue weighted by Crippen LogP contribution is -2.49. The number of nitrogens with one attached hydrogen (secondary N) is 1. The van der Waals surface area contributed by atoms with E-state index in [1.165, 1.54) is 15.2 Å². The highest BCUT2D eigenvalue weighted by molar-refractivity contribution is 7.89. The monoisotopic (exact) mass is 453 g/mol. The van der Waals surface area contributed by atoms with E-state index in [2.05, 4.69) is 29.2 Å². The van der Waals surface area contributed by atoms with Gasteiger partial charge in [0.2, 0.25) is 5.03 Å². The Kier molecular flexibility index (Phi) is 7.05. The van der Waals surface area contributed by atoms with Gasteiger partial charge in [0, 0.05) is 56.7 Å². The van der Waals surface area contributed by atoms with Gasteiger partial charge in [-0.05, 0) is 36.6 Å². The molecule has 164 valence electrons. The van der Waals surface area contributed by atoms with E-state index in [1.807, 2.05) is 24.3 Å². The number of nitrogens with zero attached hydrogens (tertiary/aromatic N) is 4. The third-order valence-electron chi connectivity index (χ3n) is 5.06. The molecule has 3 rings (SSSR count). The van der Waals surface area contributed by atoms with Crippen molar-refractivity contribution < 1.29 is 13.2 Å². The molecule has 0 spiro atoms. The maximum absolute atomic E-state index is 13.2. The third-order valence-corrected chi connectivity index (χ3v) is 7.15. The van der Waals surface area contributed by atoms with Crippen LogP contribution in [0.15, 0.2) is 35.5 Å². The van der Waals surface area contributed by atoms with Crippen molar-refractivity contribution >= 4 is 33.2 Å². The largest absolute Gasteiger partial charge is 0.369 e. The molecular formula is C20H28ClN5O3S. The van der Waals surface area contributed by atoms with Crippen LogP contribution in [0, 0.1) is 5.92 Å². The molecule has 30 heavy (non-hydrogen) atoms. The number of hydrogen-bond donors (Lipinski definition) is 1. The second-order valence-electron chi connectivity index (χ2n) is 7.83. The summed E-state index contributed by atoms with van der Waals surface area (Å²) in [6.45, 7) is 6.34. The zero-order chi connectivity index (χ0) is 21.9. The molecule has 0 bridgehead atoms. The van der Waals surface area contributed by atoms with Crippen molar-refractivity contribution in [3.05, 3.63) is 41.0 Å². The van der Waals surface area contributed by atoms with Crippen LogP contribution >= 0.6 is 11.6 Å². The number of aromatic nitrogens is 2. The van der Waals surface area contributed by atoms with Crippen LogP contribution < -0.4 is 10.2 Å². The molecule has 1 fully saturated rings. The van der Waals surface area contributed by atoms with Crippen molar-refractivity contribution in [2.75, 3.05) is 37.6 Å². The fourth-order valence-corrected chi connectivity index (χ4v) is 5.01. The first-order valence-electron chi connectivity index (χ1n) is 10.0. The quantitative estimate of drug-likeness (QED) is 0.695. The summed E-state index contributed by atoms with van der Waals surface area (Å²) in [5.41, 5.74) is 1.08. The number of carbonyl (C=O) groups is 1. The van der Waals surface area contributed by atoms with E-state index in [-0.39, 0.29) is 10.6 Å². The van der Waals surface area contributed by atoms with E-state index < -0.39 is 15.9 Å². The van der Waals surface area contributed by atoms with Gasteiger partial charge in [-0.2, -0.15) is 9.40 Å². The minimum atomic E-state index is -3.88. The predicted molar refractivity (Wildman–Crippen MR) is 117 cm³/mol. The lowest BCUT2D eigenvalue weighted by atomic mass is 10.1. The van der Waals surface area contributed by atoms with Gasteiger partial charge in [0.25, 0.3) is 15.9 Å². The summed E-state index contributed by atoms with van der Waals surface area (Å²) in [6, 6.07) is 7.48. The molecule has 2 heterocycles. The van der Waals surface area contributed by atoms with E-state index in [4.69, 9.17) is 11.6 Å². The average Bonchev–Trinajstić information content (AvgIpc) is 3.11. The van der Waals surface area contributed by atoms with Crippen LogP contribution in [-0.4, -0.2) is 61.1 Å². The summed E-state index contributed by atoms with van der Waals surface area (Å²) in [5.74, 6) is 0.0291. The molecule has 0 unspecified atom stereocenters. The van der Waals surface area contributed by atoms with Crippen molar-refractivity contribution in [3.8, 4) is 0 Å². The molecule has 2 aromatic rings. The number of sulfonamides is 1. The molecule has 0 aliphatic carbocycles. The van der Waals surface area contributed by atoms with Gasteiger partial charge in [-0.3, -0.25) is 9.48 Å². The highest BCUT2D eigenvalue weighted by Crippen LogP contribution is 2.23. The van der Waals surface area contributed by atoms with Gasteiger partial charge in [0.05, 0.1) is 5.56 Å². The summed E-state index contributed by atoms with van der Waals surface area (Å²) >= 11 is 5.94. The Morgan fingerprint density at radius 3 is 2.40 bits per heavy atom. The van der Waals surface area contributed by atoms with Gasteiger partial charge in [-0.1, -0.05) is 25.4 Å². The molecule has 10 heteroatoms. The summed E-state index contributed by atoms with van der Waals surface area (Å²) in [4.78, 5) is 14.7. The molecule has 0 radical (unpaired) electrons. The van der Waals surface area contributed by atoms with Crippen molar-refractivity contribution in [1.29, 1.82) is 0 Å². The first-order valence-corrected chi connectivity index (χ1v) is 11.8. The van der Waals surface area contributed by atoms with Gasteiger partial charge in [-0.15, -0.1) is 0 Å². The maximum Gasteiger partial charge on any atom is 0.263 e. The fourth-order valence-electron chi connectivity index (χ4n) is 3.34. The molecule has 1 aromatic heterocycles. The number of aryl methyl sites for hydroxylation is 1. The minimum Gasteiger partial charge on any atom is -0.369 e. The van der Waals surface area contributed by atoms with E-state index in [9.17, 15) is 13.2 Å². The third kappa shape index (κ3) is 5.14. The molecule has 0 atom stereocenters. The lowest BCUT2D eigenvalue weighted by Gasteiger charge is -2.35. The van der Waals surface area contributed by atoms with Crippen LogP contribution in [0.3, 0.4) is 0 Å². The molecule has 0 saturated carbocycles. The molecular weight excluding hydrogens is 426 g/mol. The van der Waals surface area contributed by atoms with Gasteiger partial charge in [0.15, 0.2) is 0 Å². The number of anilines is 1. The summed E-state index contributed by atoms with van der Waals surface area (Å²) in [5, 5.41) is 7.38. The Morgan fingerprint density at radius 1 is 1.17 bits per heavy atom. The number of hydrogen-bond acceptors (Lipinski definition) is 5. The highest BCUT2D eigenvalue weighted by atomic mass is 35.5. The summed E-state index contributed by atoms with van der Waals surface area (Å²) in [6.07, 6.45) is 2.28. The van der Waals surface area contributed by atoms with E-state index in [1.54, 1.807) is 7.05 Å². The Labute approximate surface area is 182 Å². The molecule has 8 nitrogen and oxygen atoms in total. The smallest absolute Gasteiger partial charge is 0.263 e. The van der Waals surface area contributed by atoms with E-state index >= 15 is 0 Å². The molecule has 1 aliphatic heterocycles. The first-order chi connectivity index (χ1) is 14.2. The number of rotatable bonds is 7. The number of halogens is 1. The topological polar surface area (TPSA) is 87.5 Å². The minimum absolute atomic E-state index is 0.0846. The fraction of sp³-hybridized carbons (Fsp3) is 0.500. The van der Waals surface area contributed by atoms with Gasteiger partial charge >= 0.3 is 0 Å². The summed E-state index contributed by atoms with van der Waals surface area (Å²) in [7, 11) is -2.26. The van der Waals surface area contributed by atoms with Crippen LogP contribution in [0.25, 0.3) is 0 Å². The maximum atomic E-state index is 13.2. The van der Waals surface area contributed by atoms with E-state index in [0.29, 0.717) is 43.7 Å². The number of benzene rings is 1. The van der Waals surface area contributed by atoms with Crippen LogP contribution in [0.4, 0.5) is 5.69 Å². The highest BCUT2D eigenvalue weighted by Gasteiger charge is 2.34. The average molecular weight is 454 g/mol. The van der Waals surface area contributed by atoms with Crippen molar-refractivity contribution in [1.82, 2.24) is 19.4 Å². The zero-order valence-electron chi connectivity index (χ0n) is 17.5. The van der Waals surface area contributed by atoms with Crippen LogP contribution in [-0.2, 0) is 17.1 Å². The lowest BCUT2D eigenvalue weighted by molar-refractivity contribution is 0.0948. The van der Waals surface area contributed by atoms with Crippen molar-refractivity contribution in [2.24, 2.45) is 13.0 Å². The Bertz CT molecular complexity index is 980. The van der Waals surface area contributed by atoms with Crippen molar-refractivity contribution in [2.45, 2.75) is 25.3 Å². The molecule has 1 saturated heterocycles. The molecule has 1 amide bonds. The SMILES string of the molecule is CC(C)CCNC(=O)c1cn(C)nc1S(=O)(=O)N1CCN(c2ccc(Cl)cc2)CC1. The van der Waals surface area contributed by atoms with E-state index in [0.717, 1.165) is 12.1 Å². The van der Waals surface area contributed by atoms with Crippen LogP contribution in [0.1, 0.15) is 30.6 Å². The standard InChI is InChI=1S/C20H28ClN5O3S/c1-15(2)8-9-22-19(27)18-14-24(3)23-20(18)30(28,29)26-12-10-25(11-13-26)17-6-4-16(21)5-7-17/h4-7,14-15H,8-13H2,1-3H3,(H,22,27). The van der Waals surface area contributed by atoms with Crippen molar-refractivity contribution in [3.63, 3.8) is 0 Å². The second-order valence-corrected chi connectivity index (χ2v) is 10.1. The normalized spacial score (nSPS) is 15.6. The molecule has 1 aromatic carbocycles. The molecule has 1 aliphatic rings. The predicted octanol–water partition coefficient (Wildman–Crippen LogP) is 2.36. The first kappa shape index (κ1) is 22.6. The molecule has 1 N–H and O–H groups in total. The Hall–Kier alpha value is -2.10. The zero-order valence-corrected chi connectivity index (χ0v) is 19.1. The van der Waals surface area contributed by atoms with Gasteiger partial charge < -0.3 is 10.2 Å². The second kappa shape index (κ2) is 9.36. The Morgan fingerprint density at radius 2 is 1.80 bits per heavy atom. The Balaban J connectivity index is 1.71. The number of piperazine rings is 1. The number of carbonyl (C=O) groups excluding carboxylic acids is 1. The van der Waals surface area contributed by atoms with Crippen LogP contribution in [0.5, 0.6) is 0 Å². The number of amides is 1. The van der Waals surface area contributed by atoms with Gasteiger partial charge in [-0.25, -0.2) is 8.42 Å². The summed E-state index contributed by atoms with van der Waals surface area (Å²) < 4.78 is 29.2. The van der Waals surface area contributed by atoms with Gasteiger partial charge in [0.1, 0.15) is 0 Å².